The van der Waals surface area contributed by atoms with E-state index in [-0.39, 0.29) is 28.4 Å². The summed E-state index contributed by atoms with van der Waals surface area (Å²) >= 11 is -0.665. The van der Waals surface area contributed by atoms with Gasteiger partial charge in [0, 0.05) is 12.1 Å². The van der Waals surface area contributed by atoms with Crippen LogP contribution in [0.1, 0.15) is 0 Å². The lowest BCUT2D eigenvalue weighted by molar-refractivity contribution is -0.598. The molecule has 0 heterocycles. The van der Waals surface area contributed by atoms with Crippen LogP contribution in [-0.2, 0) is 0 Å². The second-order valence-electron chi connectivity index (χ2n) is 3.57. The molecule has 0 unspecified atom stereocenters. The standard InChI is InChI=1S/C12H8IN2O4.BrH/c16-14(17)11-5-1-3-9(7-11)13-10-4-2-6-12(8-10)15(18)19;/h1-8H;1H/q+1;/p-1. The lowest BCUT2D eigenvalue weighted by Gasteiger charge is -1.91. The van der Waals surface area contributed by atoms with Crippen molar-refractivity contribution in [3.63, 3.8) is 0 Å². The van der Waals surface area contributed by atoms with Crippen molar-refractivity contribution in [3.8, 4) is 0 Å². The molecule has 0 bridgehead atoms. The van der Waals surface area contributed by atoms with Gasteiger partial charge in [-0.1, -0.05) is 12.1 Å². The zero-order valence-corrected chi connectivity index (χ0v) is 13.6. The molecule has 2 aromatic rings. The number of hydrogen-bond acceptors (Lipinski definition) is 4. The van der Waals surface area contributed by atoms with Crippen molar-refractivity contribution in [2.75, 3.05) is 0 Å². The van der Waals surface area contributed by atoms with E-state index < -0.39 is 31.1 Å². The van der Waals surface area contributed by atoms with Crippen LogP contribution in [0.3, 0.4) is 0 Å². The van der Waals surface area contributed by atoms with Gasteiger partial charge in [-0.05, 0) is 12.1 Å². The van der Waals surface area contributed by atoms with Crippen LogP contribution in [0.25, 0.3) is 0 Å². The quantitative estimate of drug-likeness (QED) is 0.276. The molecule has 0 fully saturated rings. The van der Waals surface area contributed by atoms with Crippen molar-refractivity contribution >= 4 is 11.4 Å². The third-order valence-electron chi connectivity index (χ3n) is 2.26. The Morgan fingerprint density at radius 1 is 0.800 bits per heavy atom. The summed E-state index contributed by atoms with van der Waals surface area (Å²) in [7, 11) is 0. The van der Waals surface area contributed by atoms with E-state index in [4.69, 9.17) is 0 Å². The van der Waals surface area contributed by atoms with Crippen molar-refractivity contribution < 1.29 is 48.0 Å². The van der Waals surface area contributed by atoms with Gasteiger partial charge < -0.3 is 17.0 Å². The number of nitro benzene ring substituents is 2. The Morgan fingerprint density at radius 2 is 1.20 bits per heavy atom. The van der Waals surface area contributed by atoms with Crippen LogP contribution in [0.2, 0.25) is 0 Å². The molecule has 0 aliphatic heterocycles. The molecule has 0 amide bonds. The molecule has 0 aliphatic rings. The monoisotopic (exact) mass is 450 g/mol. The number of halogens is 2. The van der Waals surface area contributed by atoms with E-state index in [1.54, 1.807) is 24.3 Å². The molecule has 0 saturated heterocycles. The average molecular weight is 451 g/mol. The van der Waals surface area contributed by atoms with E-state index in [0.29, 0.717) is 0 Å². The summed E-state index contributed by atoms with van der Waals surface area (Å²) < 4.78 is 1.71. The summed E-state index contributed by atoms with van der Waals surface area (Å²) in [6, 6.07) is 12.8. The molecule has 0 radical (unpaired) electrons. The Labute approximate surface area is 135 Å². The van der Waals surface area contributed by atoms with Gasteiger partial charge in [-0.2, -0.15) is 0 Å². The van der Waals surface area contributed by atoms with E-state index in [0.717, 1.165) is 7.14 Å². The molecule has 104 valence electrons. The summed E-state index contributed by atoms with van der Waals surface area (Å²) in [4.78, 5) is 20.5. The first-order chi connectivity index (χ1) is 9.06. The van der Waals surface area contributed by atoms with Gasteiger partial charge in [0.1, 0.15) is 0 Å². The van der Waals surface area contributed by atoms with Gasteiger partial charge >= 0.3 is 21.2 Å². The molecular weight excluding hydrogens is 443 g/mol. The number of benzene rings is 2. The maximum absolute atomic E-state index is 10.7. The van der Waals surface area contributed by atoms with Crippen molar-refractivity contribution in [1.29, 1.82) is 0 Å². The van der Waals surface area contributed by atoms with Crippen molar-refractivity contribution in [2.45, 2.75) is 0 Å². The summed E-state index contributed by atoms with van der Waals surface area (Å²) in [5.41, 5.74) is 0.0882. The smallest absolute Gasteiger partial charge is 0.358 e. The molecule has 0 atom stereocenters. The van der Waals surface area contributed by atoms with Gasteiger partial charge in [-0.25, -0.2) is 0 Å². The van der Waals surface area contributed by atoms with Crippen LogP contribution >= 0.6 is 0 Å². The highest BCUT2D eigenvalue weighted by molar-refractivity contribution is 5.29. The van der Waals surface area contributed by atoms with Gasteiger partial charge in [0.25, 0.3) is 11.4 Å². The third-order valence-corrected chi connectivity index (χ3v) is 4.84. The number of rotatable bonds is 4. The highest BCUT2D eigenvalue weighted by Gasteiger charge is 2.21. The SMILES string of the molecule is O=[N+]([O-])c1cccc([I+]c2cccc([N+](=O)[O-])c2)c1.[Br-]. The van der Waals surface area contributed by atoms with Crippen molar-refractivity contribution in [3.05, 3.63) is 75.9 Å². The van der Waals surface area contributed by atoms with Crippen LogP contribution in [0.15, 0.2) is 48.5 Å². The van der Waals surface area contributed by atoms with Crippen LogP contribution in [0, 0.1) is 27.4 Å². The zero-order chi connectivity index (χ0) is 13.8. The largest absolute Gasteiger partial charge is 1.00 e. The Bertz CT molecular complexity index is 595. The number of nitrogens with zero attached hydrogens (tertiary/aromatic N) is 2. The zero-order valence-electron chi connectivity index (χ0n) is 9.90. The molecule has 0 aliphatic carbocycles. The number of nitro groups is 2. The van der Waals surface area contributed by atoms with Gasteiger partial charge in [-0.15, -0.1) is 0 Å². The summed E-state index contributed by atoms with van der Waals surface area (Å²) in [6.07, 6.45) is 0. The lowest BCUT2D eigenvalue weighted by Crippen LogP contribution is -3.61. The summed E-state index contributed by atoms with van der Waals surface area (Å²) in [5, 5.41) is 21.4. The number of hydrogen-bond donors (Lipinski definition) is 0. The van der Waals surface area contributed by atoms with E-state index >= 15 is 0 Å². The molecule has 0 aromatic heterocycles. The Morgan fingerprint density at radius 3 is 1.55 bits per heavy atom. The third kappa shape index (κ3) is 4.23. The summed E-state index contributed by atoms with van der Waals surface area (Å²) in [6.45, 7) is 0. The molecule has 6 nitrogen and oxygen atoms in total. The van der Waals surface area contributed by atoms with Crippen LogP contribution in [0.4, 0.5) is 11.4 Å². The molecule has 8 heteroatoms. The Balaban J connectivity index is 0.00000200. The fourth-order valence-electron chi connectivity index (χ4n) is 1.42. The highest BCUT2D eigenvalue weighted by atomic mass is 127. The van der Waals surface area contributed by atoms with Crippen LogP contribution in [0.5, 0.6) is 0 Å². The minimum absolute atomic E-state index is 0. The molecule has 0 saturated carbocycles. The van der Waals surface area contributed by atoms with Gasteiger partial charge in [0.2, 0.25) is 7.14 Å². The van der Waals surface area contributed by atoms with E-state index in [1.165, 1.54) is 24.3 Å². The fourth-order valence-corrected chi connectivity index (χ4v) is 3.87. The van der Waals surface area contributed by atoms with Gasteiger partial charge in [0.05, 0.1) is 22.0 Å². The highest BCUT2D eigenvalue weighted by Crippen LogP contribution is 2.09. The summed E-state index contributed by atoms with van der Waals surface area (Å²) in [5.74, 6) is 0. The lowest BCUT2D eigenvalue weighted by atomic mass is 10.3. The number of non-ortho nitro benzene ring substituents is 2. The fraction of sp³-hybridized carbons (Fsp3) is 0. The Hall–Kier alpha value is -1.55. The van der Waals surface area contributed by atoms with Crippen molar-refractivity contribution in [1.82, 2.24) is 0 Å². The van der Waals surface area contributed by atoms with Crippen LogP contribution in [-0.4, -0.2) is 9.85 Å². The molecule has 0 spiro atoms. The molecule has 2 rings (SSSR count). The first kappa shape index (κ1) is 16.5. The molecular formula is C12H8BrIN2O4. The van der Waals surface area contributed by atoms with E-state index in [2.05, 4.69) is 0 Å². The van der Waals surface area contributed by atoms with E-state index in [1.807, 2.05) is 0 Å². The van der Waals surface area contributed by atoms with Gasteiger partial charge in [0.15, 0.2) is 0 Å². The maximum atomic E-state index is 10.7. The topological polar surface area (TPSA) is 86.3 Å². The molecule has 0 N–H and O–H groups in total. The average Bonchev–Trinajstić information content (AvgIpc) is 2.39. The first-order valence-corrected chi connectivity index (χ1v) is 7.36. The first-order valence-electron chi connectivity index (χ1n) is 5.20. The minimum Gasteiger partial charge on any atom is -1.00 e. The normalized spacial score (nSPS) is 9.60. The molecule has 2 aromatic carbocycles. The van der Waals surface area contributed by atoms with E-state index in [9.17, 15) is 20.2 Å². The maximum Gasteiger partial charge on any atom is 0.358 e. The van der Waals surface area contributed by atoms with Crippen LogP contribution < -0.4 is 38.2 Å². The molecule has 20 heavy (non-hydrogen) atoms. The predicted molar refractivity (Wildman–Crippen MR) is 63.6 cm³/mol. The Kier molecular flexibility index (Phi) is 6.02. The second-order valence-corrected chi connectivity index (χ2v) is 6.60. The van der Waals surface area contributed by atoms with Crippen molar-refractivity contribution in [2.24, 2.45) is 0 Å². The second kappa shape index (κ2) is 7.29. The predicted octanol–water partition coefficient (Wildman–Crippen LogP) is -3.36. The minimum atomic E-state index is -0.665. The van der Waals surface area contributed by atoms with Gasteiger partial charge in [-0.3, -0.25) is 20.2 Å².